The summed E-state index contributed by atoms with van der Waals surface area (Å²) in [4.78, 5) is 0. The van der Waals surface area contributed by atoms with Gasteiger partial charge in [-0.15, -0.1) is 0 Å². The Bertz CT molecular complexity index is 939. The SMILES string of the molecule is CCc1ccc(C=NN=Cc2ccc(-c3ccc(CC)cc3)c(F)c2)cc1. The molecule has 0 saturated heterocycles. The lowest BCUT2D eigenvalue weighted by Crippen LogP contribution is -1.89. The number of aryl methyl sites for hydroxylation is 2. The van der Waals surface area contributed by atoms with E-state index in [9.17, 15) is 4.39 Å². The summed E-state index contributed by atoms with van der Waals surface area (Å²) in [6.07, 6.45) is 5.24. The molecule has 3 aromatic carbocycles. The summed E-state index contributed by atoms with van der Waals surface area (Å²) in [5.41, 5.74) is 5.66. The van der Waals surface area contributed by atoms with Gasteiger partial charge in [0.05, 0.1) is 12.4 Å². The van der Waals surface area contributed by atoms with Crippen LogP contribution >= 0.6 is 0 Å². The Morgan fingerprint density at radius 1 is 0.704 bits per heavy atom. The monoisotopic (exact) mass is 358 g/mol. The summed E-state index contributed by atoms with van der Waals surface area (Å²) in [5, 5.41) is 8.07. The van der Waals surface area contributed by atoms with E-state index >= 15 is 0 Å². The molecule has 0 heterocycles. The number of benzene rings is 3. The summed E-state index contributed by atoms with van der Waals surface area (Å²) in [6.45, 7) is 4.23. The molecule has 2 nitrogen and oxygen atoms in total. The number of nitrogens with zero attached hydrogens (tertiary/aromatic N) is 2. The van der Waals surface area contributed by atoms with Gasteiger partial charge in [-0.1, -0.05) is 74.5 Å². The molecule has 0 N–H and O–H groups in total. The topological polar surface area (TPSA) is 24.7 Å². The molecule has 3 rings (SSSR count). The average molecular weight is 358 g/mol. The molecule has 27 heavy (non-hydrogen) atoms. The average Bonchev–Trinajstić information content (AvgIpc) is 2.72. The fourth-order valence-corrected chi connectivity index (χ4v) is 2.81. The Labute approximate surface area is 160 Å². The summed E-state index contributed by atoms with van der Waals surface area (Å²) in [5.74, 6) is -0.262. The number of rotatable bonds is 6. The van der Waals surface area contributed by atoms with Crippen molar-refractivity contribution in [3.05, 3.63) is 94.8 Å². The standard InChI is InChI=1S/C24H23FN2/c1-3-18-5-7-20(8-6-18)16-26-27-17-21-11-14-23(24(25)15-21)22-12-9-19(4-2)10-13-22/h5-17H,3-4H2,1-2H3. The molecular weight excluding hydrogens is 335 g/mol. The lowest BCUT2D eigenvalue weighted by atomic mass is 10.0. The number of halogens is 1. The third kappa shape index (κ3) is 4.98. The highest BCUT2D eigenvalue weighted by atomic mass is 19.1. The highest BCUT2D eigenvalue weighted by Crippen LogP contribution is 2.24. The largest absolute Gasteiger partial charge is 0.206 e. The van der Waals surface area contributed by atoms with E-state index in [1.165, 1.54) is 17.2 Å². The van der Waals surface area contributed by atoms with Gasteiger partial charge in [-0.05, 0) is 46.7 Å². The van der Waals surface area contributed by atoms with Crippen molar-refractivity contribution in [1.82, 2.24) is 0 Å². The van der Waals surface area contributed by atoms with Crippen LogP contribution in [0.1, 0.15) is 36.1 Å². The molecule has 0 aliphatic rings. The van der Waals surface area contributed by atoms with Crippen molar-refractivity contribution in [2.75, 3.05) is 0 Å². The molecule has 0 spiro atoms. The Hall–Kier alpha value is -3.07. The molecule has 0 aliphatic carbocycles. The van der Waals surface area contributed by atoms with Gasteiger partial charge in [-0.25, -0.2) is 4.39 Å². The molecule has 0 radical (unpaired) electrons. The van der Waals surface area contributed by atoms with Crippen molar-refractivity contribution in [3.8, 4) is 11.1 Å². The maximum Gasteiger partial charge on any atom is 0.131 e. The molecular formula is C24H23FN2. The molecule has 0 bridgehead atoms. The van der Waals surface area contributed by atoms with Gasteiger partial charge in [0.1, 0.15) is 5.82 Å². The van der Waals surface area contributed by atoms with E-state index in [-0.39, 0.29) is 5.82 Å². The first-order valence-corrected chi connectivity index (χ1v) is 9.23. The maximum atomic E-state index is 14.5. The van der Waals surface area contributed by atoms with Crippen LogP contribution in [0.2, 0.25) is 0 Å². The van der Waals surface area contributed by atoms with E-state index in [0.717, 1.165) is 24.0 Å². The van der Waals surface area contributed by atoms with Crippen LogP contribution < -0.4 is 0 Å². The van der Waals surface area contributed by atoms with Crippen molar-refractivity contribution in [3.63, 3.8) is 0 Å². The third-order valence-electron chi connectivity index (χ3n) is 4.53. The molecule has 3 aromatic rings. The van der Waals surface area contributed by atoms with Crippen LogP contribution in [0.3, 0.4) is 0 Å². The second kappa shape index (κ2) is 9.04. The van der Waals surface area contributed by atoms with Crippen LogP contribution in [0.15, 0.2) is 76.9 Å². The van der Waals surface area contributed by atoms with E-state index in [4.69, 9.17) is 0 Å². The highest BCUT2D eigenvalue weighted by Gasteiger charge is 2.05. The maximum absolute atomic E-state index is 14.5. The zero-order valence-electron chi connectivity index (χ0n) is 15.7. The summed E-state index contributed by atoms with van der Waals surface area (Å²) < 4.78 is 14.5. The van der Waals surface area contributed by atoms with Crippen LogP contribution in [0, 0.1) is 5.82 Å². The molecule has 0 aliphatic heterocycles. The third-order valence-corrected chi connectivity index (χ3v) is 4.53. The molecule has 0 amide bonds. The Morgan fingerprint density at radius 2 is 1.22 bits per heavy atom. The van der Waals surface area contributed by atoms with Crippen molar-refractivity contribution < 1.29 is 4.39 Å². The van der Waals surface area contributed by atoms with Crippen molar-refractivity contribution >= 4 is 12.4 Å². The second-order valence-electron chi connectivity index (χ2n) is 6.37. The van der Waals surface area contributed by atoms with E-state index in [2.05, 4.69) is 36.2 Å². The predicted octanol–water partition coefficient (Wildman–Crippen LogP) is 6.07. The van der Waals surface area contributed by atoms with Crippen LogP contribution in [0.4, 0.5) is 4.39 Å². The van der Waals surface area contributed by atoms with Gasteiger partial charge in [-0.3, -0.25) is 0 Å². The molecule has 0 unspecified atom stereocenters. The zero-order valence-corrected chi connectivity index (χ0v) is 15.7. The van der Waals surface area contributed by atoms with E-state index in [1.54, 1.807) is 18.5 Å². The second-order valence-corrected chi connectivity index (χ2v) is 6.37. The number of hydrogen-bond donors (Lipinski definition) is 0. The van der Waals surface area contributed by atoms with Gasteiger partial charge in [0.25, 0.3) is 0 Å². The minimum absolute atomic E-state index is 0.262. The van der Waals surface area contributed by atoms with Gasteiger partial charge < -0.3 is 0 Å². The van der Waals surface area contributed by atoms with Gasteiger partial charge in [-0.2, -0.15) is 10.2 Å². The highest BCUT2D eigenvalue weighted by molar-refractivity contribution is 5.83. The minimum atomic E-state index is -0.262. The Kier molecular flexibility index (Phi) is 6.26. The van der Waals surface area contributed by atoms with E-state index in [0.29, 0.717) is 11.1 Å². The number of hydrogen-bond acceptors (Lipinski definition) is 2. The van der Waals surface area contributed by atoms with Crippen LogP contribution in [-0.2, 0) is 12.8 Å². The molecule has 0 saturated carbocycles. The molecule has 136 valence electrons. The van der Waals surface area contributed by atoms with Gasteiger partial charge >= 0.3 is 0 Å². The van der Waals surface area contributed by atoms with Gasteiger partial charge in [0, 0.05) is 5.56 Å². The van der Waals surface area contributed by atoms with Gasteiger partial charge in [0.15, 0.2) is 0 Å². The quantitative estimate of drug-likeness (QED) is 0.377. The van der Waals surface area contributed by atoms with Crippen LogP contribution in [-0.4, -0.2) is 12.4 Å². The van der Waals surface area contributed by atoms with Crippen LogP contribution in [0.5, 0.6) is 0 Å². The van der Waals surface area contributed by atoms with Gasteiger partial charge in [0.2, 0.25) is 0 Å². The lowest BCUT2D eigenvalue weighted by Gasteiger charge is -2.05. The minimum Gasteiger partial charge on any atom is -0.206 e. The lowest BCUT2D eigenvalue weighted by molar-refractivity contribution is 0.631. The van der Waals surface area contributed by atoms with Crippen molar-refractivity contribution in [2.24, 2.45) is 10.2 Å². The first kappa shape index (κ1) is 18.7. The normalized spacial score (nSPS) is 11.5. The molecule has 0 fully saturated rings. The summed E-state index contributed by atoms with van der Waals surface area (Å²) in [7, 11) is 0. The van der Waals surface area contributed by atoms with Crippen molar-refractivity contribution in [2.45, 2.75) is 26.7 Å². The zero-order chi connectivity index (χ0) is 19.1. The van der Waals surface area contributed by atoms with Crippen LogP contribution in [0.25, 0.3) is 11.1 Å². The fourth-order valence-electron chi connectivity index (χ4n) is 2.81. The molecule has 0 aromatic heterocycles. The molecule has 0 atom stereocenters. The van der Waals surface area contributed by atoms with E-state index < -0.39 is 0 Å². The van der Waals surface area contributed by atoms with E-state index in [1.807, 2.05) is 42.5 Å². The Balaban J connectivity index is 1.69. The summed E-state index contributed by atoms with van der Waals surface area (Å²) >= 11 is 0. The predicted molar refractivity (Wildman–Crippen MR) is 112 cm³/mol. The first-order valence-electron chi connectivity index (χ1n) is 9.23. The Morgan fingerprint density at radius 3 is 1.78 bits per heavy atom. The molecule has 3 heteroatoms. The fraction of sp³-hybridized carbons (Fsp3) is 0.167. The first-order chi connectivity index (χ1) is 13.2. The van der Waals surface area contributed by atoms with Crippen molar-refractivity contribution in [1.29, 1.82) is 0 Å². The summed E-state index contributed by atoms with van der Waals surface area (Å²) in [6, 6.07) is 21.3. The smallest absolute Gasteiger partial charge is 0.131 e.